The summed E-state index contributed by atoms with van der Waals surface area (Å²) in [5, 5.41) is 7.08. The Morgan fingerprint density at radius 1 is 1.11 bits per heavy atom. The molecule has 2 aliphatic heterocycles. The summed E-state index contributed by atoms with van der Waals surface area (Å²) >= 11 is 3.55. The van der Waals surface area contributed by atoms with Crippen molar-refractivity contribution in [1.82, 2.24) is 15.5 Å². The molecule has 1 aromatic rings. The molecule has 0 amide bonds. The van der Waals surface area contributed by atoms with Crippen molar-refractivity contribution in [3.05, 3.63) is 34.3 Å². The van der Waals surface area contributed by atoms with Crippen LogP contribution in [0.3, 0.4) is 0 Å². The molecule has 5 nitrogen and oxygen atoms in total. The van der Waals surface area contributed by atoms with Gasteiger partial charge in [-0.25, -0.2) is 0 Å². The third-order valence-corrected chi connectivity index (χ3v) is 6.42. The van der Waals surface area contributed by atoms with Gasteiger partial charge in [-0.15, -0.1) is 24.0 Å². The van der Waals surface area contributed by atoms with Crippen molar-refractivity contribution in [2.24, 2.45) is 4.99 Å². The first-order valence-corrected chi connectivity index (χ1v) is 11.0. The molecule has 0 aromatic heterocycles. The summed E-state index contributed by atoms with van der Waals surface area (Å²) in [7, 11) is 1.85. The molecule has 0 unspecified atom stereocenters. The molecule has 2 heterocycles. The lowest BCUT2D eigenvalue weighted by Gasteiger charge is -2.38. The quantitative estimate of drug-likeness (QED) is 0.314. The van der Waals surface area contributed by atoms with E-state index in [-0.39, 0.29) is 29.4 Å². The van der Waals surface area contributed by atoms with Crippen molar-refractivity contribution in [1.29, 1.82) is 0 Å². The Morgan fingerprint density at radius 2 is 1.79 bits per heavy atom. The fourth-order valence-corrected chi connectivity index (χ4v) is 4.39. The smallest absolute Gasteiger partial charge is 0.191 e. The lowest BCUT2D eigenvalue weighted by molar-refractivity contribution is 0.0514. The van der Waals surface area contributed by atoms with Crippen LogP contribution in [-0.4, -0.2) is 63.8 Å². The van der Waals surface area contributed by atoms with E-state index in [0.29, 0.717) is 0 Å². The van der Waals surface area contributed by atoms with Gasteiger partial charge in [0.25, 0.3) is 0 Å². The van der Waals surface area contributed by atoms with E-state index in [1.54, 1.807) is 0 Å². The predicted molar refractivity (Wildman–Crippen MR) is 131 cm³/mol. The SMILES string of the molecule is CN=C(NCCN1CCCCC1)NCC1(c2ccc(Br)cc2)CCOCC1.I. The summed E-state index contributed by atoms with van der Waals surface area (Å²) in [6.45, 7) is 7.01. The van der Waals surface area contributed by atoms with Crippen molar-refractivity contribution in [2.75, 3.05) is 53.0 Å². The molecular formula is C21H34BrIN4O. The zero-order chi connectivity index (χ0) is 19.0. The van der Waals surface area contributed by atoms with E-state index in [2.05, 4.69) is 60.7 Å². The van der Waals surface area contributed by atoms with Crippen LogP contribution in [0.4, 0.5) is 0 Å². The number of halogens is 2. The van der Waals surface area contributed by atoms with E-state index in [1.807, 2.05) is 7.05 Å². The van der Waals surface area contributed by atoms with Gasteiger partial charge in [0, 0.05) is 49.8 Å². The van der Waals surface area contributed by atoms with Gasteiger partial charge in [0.2, 0.25) is 0 Å². The van der Waals surface area contributed by atoms with Crippen molar-refractivity contribution in [3.8, 4) is 0 Å². The molecule has 0 aliphatic carbocycles. The Hall–Kier alpha value is -0.380. The molecule has 28 heavy (non-hydrogen) atoms. The van der Waals surface area contributed by atoms with Crippen LogP contribution < -0.4 is 10.6 Å². The van der Waals surface area contributed by atoms with E-state index < -0.39 is 0 Å². The summed E-state index contributed by atoms with van der Waals surface area (Å²) in [5.74, 6) is 0.898. The molecule has 3 rings (SSSR count). The molecule has 158 valence electrons. The number of nitrogens with zero attached hydrogens (tertiary/aromatic N) is 2. The number of benzene rings is 1. The summed E-state index contributed by atoms with van der Waals surface area (Å²) in [6.07, 6.45) is 6.13. The van der Waals surface area contributed by atoms with E-state index >= 15 is 0 Å². The molecule has 2 saturated heterocycles. The number of piperidine rings is 1. The van der Waals surface area contributed by atoms with Gasteiger partial charge in [-0.05, 0) is 56.5 Å². The van der Waals surface area contributed by atoms with Crippen LogP contribution in [0.5, 0.6) is 0 Å². The van der Waals surface area contributed by atoms with Gasteiger partial charge in [-0.3, -0.25) is 4.99 Å². The van der Waals surface area contributed by atoms with Crippen LogP contribution in [0.15, 0.2) is 33.7 Å². The van der Waals surface area contributed by atoms with Crippen LogP contribution in [0, 0.1) is 0 Å². The molecule has 2 N–H and O–H groups in total. The number of hydrogen-bond acceptors (Lipinski definition) is 3. The van der Waals surface area contributed by atoms with Gasteiger partial charge in [0.05, 0.1) is 0 Å². The molecular weight excluding hydrogens is 531 g/mol. The molecule has 0 atom stereocenters. The molecule has 2 aliphatic rings. The Kier molecular flexibility index (Phi) is 10.5. The minimum atomic E-state index is 0. The van der Waals surface area contributed by atoms with Gasteiger partial charge >= 0.3 is 0 Å². The minimum Gasteiger partial charge on any atom is -0.381 e. The molecule has 0 bridgehead atoms. The summed E-state index contributed by atoms with van der Waals surface area (Å²) in [5.41, 5.74) is 1.48. The van der Waals surface area contributed by atoms with Crippen LogP contribution in [0.2, 0.25) is 0 Å². The Morgan fingerprint density at radius 3 is 2.43 bits per heavy atom. The summed E-state index contributed by atoms with van der Waals surface area (Å²) < 4.78 is 6.77. The first-order chi connectivity index (χ1) is 13.2. The Bertz CT molecular complexity index is 599. The second-order valence-corrected chi connectivity index (χ2v) is 8.57. The maximum atomic E-state index is 5.65. The molecule has 7 heteroatoms. The zero-order valence-electron chi connectivity index (χ0n) is 16.9. The van der Waals surface area contributed by atoms with Crippen molar-refractivity contribution >= 4 is 45.9 Å². The predicted octanol–water partition coefficient (Wildman–Crippen LogP) is 3.77. The number of likely N-dealkylation sites (tertiary alicyclic amines) is 1. The number of aliphatic imine (C=N–C) groups is 1. The lowest BCUT2D eigenvalue weighted by atomic mass is 9.74. The largest absolute Gasteiger partial charge is 0.381 e. The number of ether oxygens (including phenoxy) is 1. The van der Waals surface area contributed by atoms with Crippen molar-refractivity contribution < 1.29 is 4.74 Å². The molecule has 0 saturated carbocycles. The van der Waals surface area contributed by atoms with Gasteiger partial charge in [-0.1, -0.05) is 34.5 Å². The standard InChI is InChI=1S/C21H33BrN4O.HI/c1-23-20(24-11-14-26-12-3-2-4-13-26)25-17-21(9-15-27-16-10-21)18-5-7-19(22)8-6-18;/h5-8H,2-4,9-17H2,1H3,(H2,23,24,25);1H. The molecule has 0 radical (unpaired) electrons. The normalized spacial score (nSPS) is 20.3. The highest BCUT2D eigenvalue weighted by molar-refractivity contribution is 14.0. The molecule has 2 fully saturated rings. The van der Waals surface area contributed by atoms with Crippen LogP contribution in [0.1, 0.15) is 37.7 Å². The highest BCUT2D eigenvalue weighted by atomic mass is 127. The van der Waals surface area contributed by atoms with E-state index in [0.717, 1.165) is 56.1 Å². The second kappa shape index (κ2) is 12.3. The fraction of sp³-hybridized carbons (Fsp3) is 0.667. The highest BCUT2D eigenvalue weighted by Gasteiger charge is 2.34. The zero-order valence-corrected chi connectivity index (χ0v) is 20.8. The van der Waals surface area contributed by atoms with E-state index in [1.165, 1.54) is 37.9 Å². The van der Waals surface area contributed by atoms with Gasteiger partial charge < -0.3 is 20.3 Å². The number of nitrogens with one attached hydrogen (secondary N) is 2. The third-order valence-electron chi connectivity index (χ3n) is 5.89. The number of guanidine groups is 1. The van der Waals surface area contributed by atoms with Crippen molar-refractivity contribution in [3.63, 3.8) is 0 Å². The first kappa shape index (κ1) is 23.9. The maximum Gasteiger partial charge on any atom is 0.191 e. The van der Waals surface area contributed by atoms with Gasteiger partial charge in [-0.2, -0.15) is 0 Å². The third kappa shape index (κ3) is 6.85. The fourth-order valence-electron chi connectivity index (χ4n) is 4.12. The summed E-state index contributed by atoms with van der Waals surface area (Å²) in [6, 6.07) is 8.75. The van der Waals surface area contributed by atoms with Crippen LogP contribution in [0.25, 0.3) is 0 Å². The average Bonchev–Trinajstić information content (AvgIpc) is 2.72. The van der Waals surface area contributed by atoms with E-state index in [4.69, 9.17) is 4.74 Å². The second-order valence-electron chi connectivity index (χ2n) is 7.65. The Balaban J connectivity index is 0.00000280. The van der Waals surface area contributed by atoms with Gasteiger partial charge in [0.15, 0.2) is 5.96 Å². The Labute approximate surface area is 195 Å². The molecule has 1 aromatic carbocycles. The average molecular weight is 565 g/mol. The van der Waals surface area contributed by atoms with E-state index in [9.17, 15) is 0 Å². The van der Waals surface area contributed by atoms with Crippen LogP contribution in [-0.2, 0) is 10.2 Å². The minimum absolute atomic E-state index is 0. The van der Waals surface area contributed by atoms with Gasteiger partial charge in [0.1, 0.15) is 0 Å². The number of hydrogen-bond donors (Lipinski definition) is 2. The monoisotopic (exact) mass is 564 g/mol. The topological polar surface area (TPSA) is 48.9 Å². The first-order valence-electron chi connectivity index (χ1n) is 10.2. The number of rotatable bonds is 6. The van der Waals surface area contributed by atoms with Crippen LogP contribution >= 0.6 is 39.9 Å². The maximum absolute atomic E-state index is 5.65. The molecule has 0 spiro atoms. The highest BCUT2D eigenvalue weighted by Crippen LogP contribution is 2.34. The summed E-state index contributed by atoms with van der Waals surface area (Å²) in [4.78, 5) is 6.98. The lowest BCUT2D eigenvalue weighted by Crippen LogP contribution is -2.49. The van der Waals surface area contributed by atoms with Crippen molar-refractivity contribution in [2.45, 2.75) is 37.5 Å².